The van der Waals surface area contributed by atoms with Crippen LogP contribution in [0.25, 0.3) is 0 Å². The molecule has 0 aromatic heterocycles. The summed E-state index contributed by atoms with van der Waals surface area (Å²) in [6.07, 6.45) is 8.20. The van der Waals surface area contributed by atoms with Crippen molar-refractivity contribution < 1.29 is 24.2 Å². The van der Waals surface area contributed by atoms with Crippen molar-refractivity contribution in [3.63, 3.8) is 0 Å². The van der Waals surface area contributed by atoms with Crippen LogP contribution in [0.4, 0.5) is 0 Å². The smallest absolute Gasteiger partial charge is 0.306 e. The first-order valence-corrected chi connectivity index (χ1v) is 11.9. The molecule has 0 unspecified atom stereocenters. The molecule has 0 saturated heterocycles. The predicted molar refractivity (Wildman–Crippen MR) is 121 cm³/mol. The molecule has 0 aromatic rings. The first-order valence-electron chi connectivity index (χ1n) is 11.5. The zero-order valence-electron chi connectivity index (χ0n) is 19.1. The monoisotopic (exact) mass is 446 g/mol. The Kier molecular flexibility index (Phi) is 5.49. The highest BCUT2D eigenvalue weighted by Gasteiger charge is 2.72. The molecule has 5 nitrogen and oxygen atoms in total. The number of allylic oxidation sites excluding steroid dienone is 4. The first kappa shape index (κ1) is 22.7. The summed E-state index contributed by atoms with van der Waals surface area (Å²) in [4.78, 5) is 24.5. The Morgan fingerprint density at radius 2 is 2.06 bits per heavy atom. The number of hydrogen-bond acceptors (Lipinski definition) is 6. The fourth-order valence-corrected chi connectivity index (χ4v) is 8.22. The Morgan fingerprint density at radius 3 is 2.71 bits per heavy atom. The standard InChI is InChI=1S/C25H34O5S/c1-6-20(28)30-25(22(31)29-5)14(2)11-18-17-8-7-15-12-16(26)9-10-23(15,3)21(17)19(27)13-24(18,25)4/h9-10,12,14,17-19,21,27H,6-8,11,13H2,1-5H3/t14-,17-,18-,19-,21+,23-,24-,25-/m0/s1. The average Bonchev–Trinajstić information content (AvgIpc) is 2.94. The van der Waals surface area contributed by atoms with E-state index < -0.39 is 17.1 Å². The number of ether oxygens (including phenoxy) is 2. The van der Waals surface area contributed by atoms with Crippen LogP contribution < -0.4 is 0 Å². The summed E-state index contributed by atoms with van der Waals surface area (Å²) in [6.45, 7) is 8.16. The van der Waals surface area contributed by atoms with Crippen LogP contribution in [0.3, 0.4) is 0 Å². The lowest BCUT2D eigenvalue weighted by Gasteiger charge is -2.60. The molecule has 170 valence electrons. The molecule has 0 aromatic carbocycles. The molecule has 0 aliphatic heterocycles. The van der Waals surface area contributed by atoms with Gasteiger partial charge in [-0.2, -0.15) is 0 Å². The van der Waals surface area contributed by atoms with E-state index in [4.69, 9.17) is 21.7 Å². The molecule has 0 amide bonds. The van der Waals surface area contributed by atoms with Gasteiger partial charge in [0.15, 0.2) is 11.4 Å². The molecular formula is C25H34O5S. The number of rotatable bonds is 3. The summed E-state index contributed by atoms with van der Waals surface area (Å²) < 4.78 is 11.7. The normalized spacial score (nSPS) is 45.8. The number of thiocarbonyl (C=S) groups is 1. The Morgan fingerprint density at radius 1 is 1.35 bits per heavy atom. The van der Waals surface area contributed by atoms with E-state index in [2.05, 4.69) is 20.8 Å². The van der Waals surface area contributed by atoms with E-state index in [9.17, 15) is 14.7 Å². The van der Waals surface area contributed by atoms with Gasteiger partial charge in [-0.3, -0.25) is 9.59 Å². The highest BCUT2D eigenvalue weighted by molar-refractivity contribution is 7.80. The molecule has 4 aliphatic carbocycles. The van der Waals surface area contributed by atoms with Crippen LogP contribution in [0, 0.1) is 34.5 Å². The fourth-order valence-electron chi connectivity index (χ4n) is 7.74. The molecule has 0 radical (unpaired) electrons. The minimum atomic E-state index is -1.03. The zero-order valence-corrected chi connectivity index (χ0v) is 20.0. The Hall–Kier alpha value is -1.53. The van der Waals surface area contributed by atoms with Crippen molar-refractivity contribution in [3.05, 3.63) is 23.8 Å². The van der Waals surface area contributed by atoms with Gasteiger partial charge >= 0.3 is 5.97 Å². The van der Waals surface area contributed by atoms with E-state index >= 15 is 0 Å². The van der Waals surface area contributed by atoms with Gasteiger partial charge in [-0.15, -0.1) is 0 Å². The fraction of sp³-hybridized carbons (Fsp3) is 0.720. The van der Waals surface area contributed by atoms with Crippen LogP contribution in [0.15, 0.2) is 23.8 Å². The second-order valence-corrected chi connectivity index (χ2v) is 10.8. The summed E-state index contributed by atoms with van der Waals surface area (Å²) in [7, 11) is 1.54. The van der Waals surface area contributed by atoms with E-state index in [-0.39, 0.29) is 47.3 Å². The molecule has 0 heterocycles. The van der Waals surface area contributed by atoms with Gasteiger partial charge in [-0.05, 0) is 61.9 Å². The maximum absolute atomic E-state index is 12.5. The number of fused-ring (bicyclic) bond motifs is 5. The molecule has 0 bridgehead atoms. The summed E-state index contributed by atoms with van der Waals surface area (Å²) >= 11 is 5.68. The highest BCUT2D eigenvalue weighted by atomic mass is 32.1. The van der Waals surface area contributed by atoms with Crippen molar-refractivity contribution in [2.24, 2.45) is 34.5 Å². The zero-order chi connectivity index (χ0) is 22.8. The highest BCUT2D eigenvalue weighted by Crippen LogP contribution is 2.69. The van der Waals surface area contributed by atoms with Crippen LogP contribution in [0.2, 0.25) is 0 Å². The van der Waals surface area contributed by atoms with Gasteiger partial charge in [0.05, 0.1) is 13.2 Å². The number of esters is 1. The third kappa shape index (κ3) is 2.93. The second kappa shape index (κ2) is 7.51. The largest absolute Gasteiger partial charge is 0.487 e. The minimum Gasteiger partial charge on any atom is -0.487 e. The van der Waals surface area contributed by atoms with Crippen molar-refractivity contribution in [1.82, 2.24) is 0 Å². The van der Waals surface area contributed by atoms with E-state index in [1.165, 1.54) is 7.11 Å². The van der Waals surface area contributed by atoms with E-state index in [1.807, 2.05) is 6.08 Å². The lowest BCUT2D eigenvalue weighted by molar-refractivity contribution is -0.185. The van der Waals surface area contributed by atoms with E-state index in [0.29, 0.717) is 11.5 Å². The van der Waals surface area contributed by atoms with Crippen LogP contribution in [-0.4, -0.2) is 40.7 Å². The second-order valence-electron chi connectivity index (χ2n) is 10.4. The van der Waals surface area contributed by atoms with Crippen molar-refractivity contribution in [2.45, 2.75) is 71.5 Å². The van der Waals surface area contributed by atoms with Gasteiger partial charge in [0.1, 0.15) is 0 Å². The number of methoxy groups -OCH3 is 1. The van der Waals surface area contributed by atoms with Gasteiger partial charge in [-0.1, -0.05) is 39.3 Å². The molecule has 31 heavy (non-hydrogen) atoms. The van der Waals surface area contributed by atoms with Crippen molar-refractivity contribution in [2.75, 3.05) is 7.11 Å². The third-order valence-electron chi connectivity index (χ3n) is 9.09. The van der Waals surface area contributed by atoms with Gasteiger partial charge in [0, 0.05) is 29.1 Å². The lowest BCUT2D eigenvalue weighted by atomic mass is 9.46. The number of carbonyl (C=O) groups excluding carboxylic acids is 2. The maximum Gasteiger partial charge on any atom is 0.306 e. The van der Waals surface area contributed by atoms with Crippen LogP contribution in [0.5, 0.6) is 0 Å². The molecular weight excluding hydrogens is 412 g/mol. The van der Waals surface area contributed by atoms with Crippen molar-refractivity contribution in [3.8, 4) is 0 Å². The van der Waals surface area contributed by atoms with Crippen LogP contribution in [0.1, 0.15) is 59.8 Å². The van der Waals surface area contributed by atoms with Gasteiger partial charge in [-0.25, -0.2) is 0 Å². The number of ketones is 1. The number of aliphatic hydroxyl groups is 1. The molecule has 3 saturated carbocycles. The molecule has 3 fully saturated rings. The summed E-state index contributed by atoms with van der Waals surface area (Å²) in [6, 6.07) is 0. The molecule has 8 atom stereocenters. The Balaban J connectivity index is 1.80. The molecule has 0 spiro atoms. The first-order chi connectivity index (χ1) is 14.5. The molecule has 6 heteroatoms. The van der Waals surface area contributed by atoms with E-state index in [0.717, 1.165) is 24.8 Å². The van der Waals surface area contributed by atoms with Crippen molar-refractivity contribution in [1.29, 1.82) is 0 Å². The molecule has 1 N–H and O–H groups in total. The van der Waals surface area contributed by atoms with Gasteiger partial charge < -0.3 is 14.6 Å². The Bertz CT molecular complexity index is 877. The minimum absolute atomic E-state index is 0.00961. The molecule has 4 aliphatic rings. The third-order valence-corrected chi connectivity index (χ3v) is 9.56. The van der Waals surface area contributed by atoms with Crippen molar-refractivity contribution >= 4 is 29.0 Å². The van der Waals surface area contributed by atoms with Gasteiger partial charge in [0.2, 0.25) is 5.05 Å². The summed E-state index contributed by atoms with van der Waals surface area (Å²) in [5, 5.41) is 11.9. The number of carbonyl (C=O) groups is 2. The van der Waals surface area contributed by atoms with Gasteiger partial charge in [0.25, 0.3) is 0 Å². The Labute approximate surface area is 190 Å². The number of hydrogen-bond donors (Lipinski definition) is 1. The quantitative estimate of drug-likeness (QED) is 0.518. The van der Waals surface area contributed by atoms with Crippen LogP contribution >= 0.6 is 12.2 Å². The lowest BCUT2D eigenvalue weighted by Crippen LogP contribution is -2.63. The predicted octanol–water partition coefficient (Wildman–Crippen LogP) is 4.18. The molecule has 4 rings (SSSR count). The maximum atomic E-state index is 12.5. The number of aliphatic hydroxyl groups excluding tert-OH is 1. The summed E-state index contributed by atoms with van der Waals surface area (Å²) in [5.74, 6) is 0.238. The summed E-state index contributed by atoms with van der Waals surface area (Å²) in [5.41, 5.74) is -0.744. The average molecular weight is 447 g/mol. The van der Waals surface area contributed by atoms with E-state index in [1.54, 1.807) is 19.1 Å². The van der Waals surface area contributed by atoms with Crippen LogP contribution in [-0.2, 0) is 19.1 Å². The topological polar surface area (TPSA) is 72.8 Å². The SMILES string of the molecule is CCC(=O)O[C@]1(C(=S)OC)[C@@H](C)C[C@H]2[C@@H]3CCC4=CC(=O)C=C[C@]4(C)[C@H]3[C@@H](O)C[C@@]21C.